The van der Waals surface area contributed by atoms with Crippen LogP contribution < -0.4 is 0 Å². The van der Waals surface area contributed by atoms with E-state index in [4.69, 9.17) is 66.3 Å². The first-order valence-corrected chi connectivity index (χ1v) is 35.0. The number of rotatable bonds is 27. The van der Waals surface area contributed by atoms with E-state index in [1.807, 2.05) is 0 Å². The van der Waals surface area contributed by atoms with Gasteiger partial charge in [0.25, 0.3) is 0 Å². The monoisotopic (exact) mass is 1350 g/mol. The first kappa shape index (κ1) is 79.8. The summed E-state index contributed by atoms with van der Waals surface area (Å²) in [5, 5.41) is 102. The molecule has 0 amide bonds. The normalized spacial score (nSPS) is 39.8. The second kappa shape index (κ2) is 40.2. The Morgan fingerprint density at radius 2 is 1.07 bits per heavy atom. The van der Waals surface area contributed by atoms with Gasteiger partial charge in [-0.25, -0.2) is 4.79 Å². The van der Waals surface area contributed by atoms with Gasteiger partial charge in [0, 0.05) is 18.9 Å². The average molecular weight is 1350 g/mol. The fraction of sp³-hybridized carbons (Fsp3) is 0.910. The summed E-state index contributed by atoms with van der Waals surface area (Å²) in [6.45, 7) is 13.7. The molecule has 0 radical (unpaired) electrons. The van der Waals surface area contributed by atoms with Crippen LogP contribution in [0.3, 0.4) is 0 Å². The third kappa shape index (κ3) is 22.7. The maximum atomic E-state index is 14.1. The Morgan fingerprint density at radius 3 is 1.71 bits per heavy atom. The first-order valence-electron chi connectivity index (χ1n) is 35.0. The van der Waals surface area contributed by atoms with Crippen LogP contribution in [0.2, 0.25) is 0 Å². The van der Waals surface area contributed by atoms with E-state index in [1.165, 1.54) is 40.7 Å². The third-order valence-electron chi connectivity index (χ3n) is 18.8. The van der Waals surface area contributed by atoms with Crippen molar-refractivity contribution in [2.45, 2.75) is 376 Å². The predicted molar refractivity (Wildman–Crippen MR) is 332 cm³/mol. The Balaban J connectivity index is 1.34. The SMILES string of the molecule is C/C=C\C(=O)O[C@@H]1[C@@H](OC(=O)[C@H](C)[C@H](C)O)[C@@H](O[C@@H]2O[C@H](CO)[C@@H](O)[C@H](O)[C@H]2O)[C@H](O[C@@H]2[C@@H](O)[C@@H](OC(=O)CCCCCCCCCCC)[C@H](O[C@@H]3[C@@H](O)[C@H]4OC(=O)CCCCCCCCC[C@H](CCCCC)O[C@@H]5O[C@H](C)[C@@H](O)[C@H](O)[C@H]5O[C@@H]4O[C@H]3C)O[C@H]2C)O[C@H]1C. The van der Waals surface area contributed by atoms with E-state index in [1.54, 1.807) is 13.8 Å². The summed E-state index contributed by atoms with van der Waals surface area (Å²) in [6, 6.07) is 0. The highest BCUT2D eigenvalue weighted by Gasteiger charge is 2.59. The fourth-order valence-corrected chi connectivity index (χ4v) is 12.8. The van der Waals surface area contributed by atoms with Crippen LogP contribution in [0.15, 0.2) is 12.2 Å². The van der Waals surface area contributed by atoms with E-state index < -0.39 is 196 Å². The van der Waals surface area contributed by atoms with Gasteiger partial charge in [0.1, 0.15) is 67.1 Å². The first-order chi connectivity index (χ1) is 44.9. The number of aliphatic hydroxyl groups excluding tert-OH is 9. The van der Waals surface area contributed by atoms with Gasteiger partial charge in [-0.05, 0) is 74.1 Å². The standard InChI is InChI=1S/C67H114O27/c1-10-13-15-16-17-18-21-24-28-33-45(71)88-58-53(79)55(92-67-61(94-63-51(77)49(75)48(74)43(35-68)86-63)60(90-62(80)36(4)37(5)69)56(41(9)84-67)87-44(70)30-12-3)40(8)82-65(58)91-54-39(7)83-66-59(52(54)78)89-46(72)34-29-25-22-19-20-23-27-32-42(31-26-14-11-2)85-64-57(93-66)50(76)47(73)38(6)81-64/h12,30,36-43,47-61,63-69,73-79H,10-11,13-29,31-35H2,1-9H3/b30-12-/t36-,37+,38-,39+,40+,41+,42+,43-,47-,48-,49+,50+,51-,52-,53-,54+,55+,56+,57-,58-,59-,60-,61-,63+,64+,65+,66+,67+/m1/s1. The van der Waals surface area contributed by atoms with Gasteiger partial charge in [0.2, 0.25) is 0 Å². The third-order valence-corrected chi connectivity index (χ3v) is 18.8. The molecule has 6 aliphatic rings. The minimum Gasteiger partial charge on any atom is -0.455 e. The zero-order valence-corrected chi connectivity index (χ0v) is 56.7. The Labute approximate surface area is 553 Å². The molecule has 0 bridgehead atoms. The lowest BCUT2D eigenvalue weighted by Gasteiger charge is -2.50. The Hall–Kier alpha value is -3.14. The molecule has 9 N–H and O–H groups in total. The van der Waals surface area contributed by atoms with Crippen LogP contribution in [0.4, 0.5) is 0 Å². The predicted octanol–water partition coefficient (Wildman–Crippen LogP) is 4.40. The van der Waals surface area contributed by atoms with Crippen LogP contribution in [0.5, 0.6) is 0 Å². The number of carbonyl (C=O) groups excluding carboxylic acids is 4. The molecule has 28 atom stereocenters. The second-order valence-corrected chi connectivity index (χ2v) is 26.5. The van der Waals surface area contributed by atoms with Crippen molar-refractivity contribution in [3.8, 4) is 0 Å². The molecule has 6 aliphatic heterocycles. The van der Waals surface area contributed by atoms with Gasteiger partial charge < -0.3 is 112 Å². The summed E-state index contributed by atoms with van der Waals surface area (Å²) in [4.78, 5) is 55.1. The lowest BCUT2D eigenvalue weighted by atomic mass is 9.95. The topological polar surface area (TPSA) is 380 Å². The highest BCUT2D eigenvalue weighted by Crippen LogP contribution is 2.40. The number of hydrogen-bond donors (Lipinski definition) is 9. The van der Waals surface area contributed by atoms with E-state index >= 15 is 0 Å². The molecule has 6 heterocycles. The zero-order chi connectivity index (χ0) is 68.8. The molecule has 0 aromatic heterocycles. The summed E-state index contributed by atoms with van der Waals surface area (Å²) in [6.07, 6.45) is -21.2. The minimum atomic E-state index is -2.05. The van der Waals surface area contributed by atoms with Crippen molar-refractivity contribution in [2.75, 3.05) is 6.61 Å². The van der Waals surface area contributed by atoms with E-state index in [0.29, 0.717) is 32.1 Å². The van der Waals surface area contributed by atoms with Crippen LogP contribution in [0.25, 0.3) is 0 Å². The summed E-state index contributed by atoms with van der Waals surface area (Å²) in [5.41, 5.74) is 0. The molecule has 6 fully saturated rings. The quantitative estimate of drug-likeness (QED) is 0.0238. The lowest BCUT2D eigenvalue weighted by molar-refractivity contribution is -0.395. The molecular formula is C67H114O27. The number of carbonyl (C=O) groups is 4. The van der Waals surface area contributed by atoms with E-state index in [2.05, 4.69) is 13.8 Å². The summed E-state index contributed by atoms with van der Waals surface area (Å²) in [7, 11) is 0. The number of ether oxygens (including phenoxy) is 14. The summed E-state index contributed by atoms with van der Waals surface area (Å²) < 4.78 is 88.0. The van der Waals surface area contributed by atoms with Crippen molar-refractivity contribution >= 4 is 23.9 Å². The van der Waals surface area contributed by atoms with Crippen molar-refractivity contribution in [2.24, 2.45) is 5.92 Å². The van der Waals surface area contributed by atoms with Crippen LogP contribution in [0, 0.1) is 5.92 Å². The molecule has 94 heavy (non-hydrogen) atoms. The zero-order valence-electron chi connectivity index (χ0n) is 56.7. The van der Waals surface area contributed by atoms with Crippen LogP contribution in [-0.4, -0.2) is 242 Å². The van der Waals surface area contributed by atoms with Crippen LogP contribution >= 0.6 is 0 Å². The molecule has 0 spiro atoms. The molecular weight excluding hydrogens is 1240 g/mol. The maximum Gasteiger partial charge on any atom is 0.330 e. The van der Waals surface area contributed by atoms with E-state index in [9.17, 15) is 65.1 Å². The number of aliphatic hydroxyl groups is 9. The van der Waals surface area contributed by atoms with E-state index in [-0.39, 0.29) is 18.9 Å². The Kier molecular flexibility index (Phi) is 34.1. The van der Waals surface area contributed by atoms with Crippen LogP contribution in [-0.2, 0) is 85.5 Å². The molecule has 0 unspecified atom stereocenters. The van der Waals surface area contributed by atoms with Gasteiger partial charge >= 0.3 is 23.9 Å². The molecule has 27 nitrogen and oxygen atoms in total. The molecule has 6 saturated heterocycles. The van der Waals surface area contributed by atoms with Crippen molar-refractivity contribution in [3.05, 3.63) is 12.2 Å². The molecule has 0 aromatic rings. The number of allylic oxidation sites excluding steroid dienone is 1. The van der Waals surface area contributed by atoms with Crippen LogP contribution in [0.1, 0.15) is 210 Å². The van der Waals surface area contributed by atoms with Gasteiger partial charge in [-0.15, -0.1) is 0 Å². The molecule has 0 aromatic carbocycles. The van der Waals surface area contributed by atoms with Gasteiger partial charge in [-0.2, -0.15) is 0 Å². The van der Waals surface area contributed by atoms with Gasteiger partial charge in [0.15, 0.2) is 62.0 Å². The number of unbranched alkanes of at least 4 members (excludes halogenated alkanes) is 10. The largest absolute Gasteiger partial charge is 0.455 e. The fourth-order valence-electron chi connectivity index (χ4n) is 12.8. The van der Waals surface area contributed by atoms with Crippen molar-refractivity contribution in [1.82, 2.24) is 0 Å². The second-order valence-electron chi connectivity index (χ2n) is 26.5. The van der Waals surface area contributed by atoms with Gasteiger partial charge in [-0.1, -0.05) is 129 Å². The van der Waals surface area contributed by atoms with Crippen molar-refractivity contribution < 1.29 is 131 Å². The molecule has 0 saturated carbocycles. The van der Waals surface area contributed by atoms with Crippen molar-refractivity contribution in [3.63, 3.8) is 0 Å². The molecule has 544 valence electrons. The maximum absolute atomic E-state index is 14.1. The van der Waals surface area contributed by atoms with Crippen molar-refractivity contribution in [1.29, 1.82) is 0 Å². The highest BCUT2D eigenvalue weighted by atomic mass is 16.8. The van der Waals surface area contributed by atoms with E-state index in [0.717, 1.165) is 109 Å². The smallest absolute Gasteiger partial charge is 0.330 e. The molecule has 0 aliphatic carbocycles. The number of fused-ring (bicyclic) bond motifs is 2. The van der Waals surface area contributed by atoms with Gasteiger partial charge in [0.05, 0.1) is 49.1 Å². The summed E-state index contributed by atoms with van der Waals surface area (Å²) >= 11 is 0. The minimum absolute atomic E-state index is 0.0362. The number of hydrogen-bond acceptors (Lipinski definition) is 27. The average Bonchev–Trinajstić information content (AvgIpc) is 0.772. The molecule has 6 rings (SSSR count). The van der Waals surface area contributed by atoms with Gasteiger partial charge in [-0.3, -0.25) is 14.4 Å². The highest BCUT2D eigenvalue weighted by molar-refractivity contribution is 5.82. The number of esters is 4. The Bertz CT molecular complexity index is 2240. The summed E-state index contributed by atoms with van der Waals surface area (Å²) in [5.74, 6) is -4.62. The molecule has 27 heteroatoms. The lowest BCUT2D eigenvalue weighted by Crippen LogP contribution is -2.68. The Morgan fingerprint density at radius 1 is 0.521 bits per heavy atom.